The first kappa shape index (κ1) is 11.4. The van der Waals surface area contributed by atoms with Gasteiger partial charge in [0.1, 0.15) is 5.69 Å². The van der Waals surface area contributed by atoms with E-state index in [9.17, 15) is 4.79 Å². The third-order valence-electron chi connectivity index (χ3n) is 2.87. The first-order valence-corrected chi connectivity index (χ1v) is 5.31. The third kappa shape index (κ3) is 2.08. The van der Waals surface area contributed by atoms with E-state index in [1.807, 2.05) is 19.9 Å². The van der Waals surface area contributed by atoms with E-state index in [0.29, 0.717) is 12.1 Å². The van der Waals surface area contributed by atoms with Gasteiger partial charge in [-0.15, -0.1) is 0 Å². The lowest BCUT2D eigenvalue weighted by Crippen LogP contribution is -2.29. The zero-order valence-electron chi connectivity index (χ0n) is 9.71. The molecule has 0 aliphatic carbocycles. The molecule has 1 aromatic rings. The number of hydrogen-bond acceptors (Lipinski definition) is 4. The molecule has 1 aromatic heterocycles. The van der Waals surface area contributed by atoms with Crippen molar-refractivity contribution in [2.45, 2.75) is 25.7 Å². The Morgan fingerprint density at radius 1 is 1.41 bits per heavy atom. The van der Waals surface area contributed by atoms with Crippen LogP contribution in [-0.4, -0.2) is 28.0 Å². The van der Waals surface area contributed by atoms with E-state index in [4.69, 9.17) is 5.11 Å². The van der Waals surface area contributed by atoms with Crippen LogP contribution >= 0.6 is 0 Å². The minimum absolute atomic E-state index is 0.0510. The maximum atomic E-state index is 10.9. The second kappa shape index (κ2) is 4.08. The Morgan fingerprint density at radius 3 is 2.76 bits per heavy atom. The fraction of sp³-hybridized carbons (Fsp3) is 0.333. The van der Waals surface area contributed by atoms with Crippen molar-refractivity contribution >= 4 is 17.9 Å². The Hall–Kier alpha value is -2.04. The summed E-state index contributed by atoms with van der Waals surface area (Å²) in [5.41, 5.74) is 1.24. The third-order valence-corrected chi connectivity index (χ3v) is 2.87. The van der Waals surface area contributed by atoms with Gasteiger partial charge >= 0.3 is 5.97 Å². The first-order valence-electron chi connectivity index (χ1n) is 5.31. The van der Waals surface area contributed by atoms with Gasteiger partial charge in [0.05, 0.1) is 11.4 Å². The van der Waals surface area contributed by atoms with Crippen LogP contribution in [0.5, 0.6) is 0 Å². The van der Waals surface area contributed by atoms with Gasteiger partial charge in [-0.25, -0.2) is 9.78 Å². The highest BCUT2D eigenvalue weighted by Crippen LogP contribution is 2.26. The standard InChI is InChI=1S/C12H13N3O2/c1-12(2,10-6-7-13-15-10)9-5-3-4-8(14-9)11(16)17/h3-5,7H,6H2,1-2H3,(H,16,17). The van der Waals surface area contributed by atoms with E-state index < -0.39 is 11.4 Å². The molecule has 0 amide bonds. The van der Waals surface area contributed by atoms with Gasteiger partial charge in [0.2, 0.25) is 0 Å². The normalized spacial score (nSPS) is 14.8. The highest BCUT2D eigenvalue weighted by molar-refractivity contribution is 6.04. The summed E-state index contributed by atoms with van der Waals surface area (Å²) in [5.74, 6) is -1.02. The molecule has 88 valence electrons. The molecule has 2 heterocycles. The Morgan fingerprint density at radius 2 is 2.18 bits per heavy atom. The molecule has 1 aliphatic rings. The number of carbonyl (C=O) groups is 1. The summed E-state index contributed by atoms with van der Waals surface area (Å²) in [4.78, 5) is 15.0. The summed E-state index contributed by atoms with van der Waals surface area (Å²) in [6.07, 6.45) is 2.42. The molecule has 0 fully saturated rings. The second-order valence-corrected chi connectivity index (χ2v) is 4.39. The predicted octanol–water partition coefficient (Wildman–Crippen LogP) is 1.89. The SMILES string of the molecule is CC(C)(C1=NN=CC1)c1cccc(C(=O)O)n1. The Labute approximate surface area is 98.9 Å². The van der Waals surface area contributed by atoms with Gasteiger partial charge in [-0.2, -0.15) is 10.2 Å². The topological polar surface area (TPSA) is 74.9 Å². The summed E-state index contributed by atoms with van der Waals surface area (Å²) in [6, 6.07) is 4.99. The van der Waals surface area contributed by atoms with Crippen LogP contribution in [-0.2, 0) is 5.41 Å². The number of aromatic carboxylic acids is 1. The van der Waals surface area contributed by atoms with E-state index in [-0.39, 0.29) is 5.69 Å². The summed E-state index contributed by atoms with van der Waals surface area (Å²) in [5, 5.41) is 16.8. The zero-order valence-corrected chi connectivity index (χ0v) is 9.71. The zero-order chi connectivity index (χ0) is 12.5. The van der Waals surface area contributed by atoms with Crippen LogP contribution in [0.3, 0.4) is 0 Å². The molecule has 17 heavy (non-hydrogen) atoms. The maximum absolute atomic E-state index is 10.9. The van der Waals surface area contributed by atoms with Crippen LogP contribution in [0.4, 0.5) is 0 Å². The van der Waals surface area contributed by atoms with Crippen LogP contribution in [0.15, 0.2) is 28.4 Å². The molecule has 0 unspecified atom stereocenters. The summed E-state index contributed by atoms with van der Waals surface area (Å²) in [7, 11) is 0. The average Bonchev–Trinajstić information content (AvgIpc) is 2.83. The van der Waals surface area contributed by atoms with Gasteiger partial charge in [-0.05, 0) is 26.0 Å². The van der Waals surface area contributed by atoms with Crippen LogP contribution in [0, 0.1) is 0 Å². The number of pyridine rings is 1. The Kier molecular flexibility index (Phi) is 2.75. The van der Waals surface area contributed by atoms with Crippen molar-refractivity contribution in [2.24, 2.45) is 10.2 Å². The fourth-order valence-electron chi connectivity index (χ4n) is 1.71. The summed E-state index contributed by atoms with van der Waals surface area (Å²) >= 11 is 0. The van der Waals surface area contributed by atoms with Gasteiger partial charge in [-0.3, -0.25) is 0 Å². The average molecular weight is 231 g/mol. The molecule has 5 nitrogen and oxygen atoms in total. The molecule has 0 radical (unpaired) electrons. The molecule has 0 saturated carbocycles. The van der Waals surface area contributed by atoms with E-state index in [1.165, 1.54) is 6.07 Å². The molecule has 0 aromatic carbocycles. The smallest absolute Gasteiger partial charge is 0.354 e. The van der Waals surface area contributed by atoms with E-state index in [0.717, 1.165) is 5.71 Å². The monoisotopic (exact) mass is 231 g/mol. The fourth-order valence-corrected chi connectivity index (χ4v) is 1.71. The van der Waals surface area contributed by atoms with Crippen LogP contribution < -0.4 is 0 Å². The maximum Gasteiger partial charge on any atom is 0.354 e. The highest BCUT2D eigenvalue weighted by Gasteiger charge is 2.30. The Balaban J connectivity index is 2.39. The van der Waals surface area contributed by atoms with Crippen molar-refractivity contribution in [1.29, 1.82) is 0 Å². The highest BCUT2D eigenvalue weighted by atomic mass is 16.4. The molecule has 0 saturated heterocycles. The largest absolute Gasteiger partial charge is 0.477 e. The molecule has 0 atom stereocenters. The van der Waals surface area contributed by atoms with E-state index in [1.54, 1.807) is 12.3 Å². The van der Waals surface area contributed by atoms with Crippen molar-refractivity contribution in [3.63, 3.8) is 0 Å². The van der Waals surface area contributed by atoms with Gasteiger partial charge in [-0.1, -0.05) is 6.07 Å². The van der Waals surface area contributed by atoms with Crippen molar-refractivity contribution in [2.75, 3.05) is 0 Å². The second-order valence-electron chi connectivity index (χ2n) is 4.39. The number of nitrogens with zero attached hydrogens (tertiary/aromatic N) is 3. The van der Waals surface area contributed by atoms with Crippen molar-refractivity contribution in [3.8, 4) is 0 Å². The summed E-state index contributed by atoms with van der Waals surface area (Å²) < 4.78 is 0. The number of carboxylic acid groups (broad SMARTS) is 1. The van der Waals surface area contributed by atoms with Crippen LogP contribution in [0.2, 0.25) is 0 Å². The molecule has 1 N–H and O–H groups in total. The van der Waals surface area contributed by atoms with Crippen LogP contribution in [0.1, 0.15) is 36.5 Å². The number of hydrogen-bond donors (Lipinski definition) is 1. The van der Waals surface area contributed by atoms with Crippen molar-refractivity contribution < 1.29 is 9.90 Å². The lowest BCUT2D eigenvalue weighted by Gasteiger charge is -2.23. The number of aromatic nitrogens is 1. The van der Waals surface area contributed by atoms with Gasteiger partial charge in [0, 0.05) is 18.1 Å². The minimum atomic E-state index is -1.02. The molecule has 1 aliphatic heterocycles. The van der Waals surface area contributed by atoms with Gasteiger partial charge in [0.15, 0.2) is 0 Å². The van der Waals surface area contributed by atoms with Crippen LogP contribution in [0.25, 0.3) is 0 Å². The lowest BCUT2D eigenvalue weighted by molar-refractivity contribution is 0.0690. The first-order chi connectivity index (χ1) is 8.01. The number of rotatable bonds is 3. The summed E-state index contributed by atoms with van der Waals surface area (Å²) in [6.45, 7) is 3.93. The van der Waals surface area contributed by atoms with Gasteiger partial charge in [0.25, 0.3) is 0 Å². The quantitative estimate of drug-likeness (QED) is 0.863. The predicted molar refractivity (Wildman–Crippen MR) is 64.8 cm³/mol. The van der Waals surface area contributed by atoms with Crippen molar-refractivity contribution in [3.05, 3.63) is 29.6 Å². The molecular weight excluding hydrogens is 218 g/mol. The minimum Gasteiger partial charge on any atom is -0.477 e. The Bertz CT molecular complexity index is 518. The molecule has 2 rings (SSSR count). The van der Waals surface area contributed by atoms with Crippen molar-refractivity contribution in [1.82, 2.24) is 4.98 Å². The van der Waals surface area contributed by atoms with Gasteiger partial charge < -0.3 is 5.11 Å². The molecule has 0 spiro atoms. The molecular formula is C12H13N3O2. The van der Waals surface area contributed by atoms with E-state index in [2.05, 4.69) is 15.2 Å². The number of carboxylic acids is 1. The van der Waals surface area contributed by atoms with E-state index >= 15 is 0 Å². The molecule has 5 heteroatoms. The lowest BCUT2D eigenvalue weighted by atomic mass is 9.82. The molecule has 0 bridgehead atoms.